The molecule has 1 aliphatic heterocycles. The second-order valence-corrected chi connectivity index (χ2v) is 5.36. The van der Waals surface area contributed by atoms with Crippen molar-refractivity contribution in [2.24, 2.45) is 0 Å². The van der Waals surface area contributed by atoms with Gasteiger partial charge in [0.05, 0.1) is 7.11 Å². The first kappa shape index (κ1) is 16.3. The predicted molar refractivity (Wildman–Crippen MR) is 83.5 cm³/mol. The van der Waals surface area contributed by atoms with Gasteiger partial charge in [0.1, 0.15) is 5.75 Å². The van der Waals surface area contributed by atoms with Gasteiger partial charge >= 0.3 is 0 Å². The highest BCUT2D eigenvalue weighted by Crippen LogP contribution is 2.11. The largest absolute Gasteiger partial charge is 0.497 e. The van der Waals surface area contributed by atoms with Crippen LogP contribution in [0, 0.1) is 0 Å². The molecule has 2 amide bonds. The number of nitrogens with one attached hydrogen (secondary N) is 1. The predicted octanol–water partition coefficient (Wildman–Crippen LogP) is 0.476. The Hall–Kier alpha value is -2.08. The molecule has 6 heteroatoms. The molecule has 1 fully saturated rings. The summed E-state index contributed by atoms with van der Waals surface area (Å²) in [7, 11) is 1.63. The summed E-state index contributed by atoms with van der Waals surface area (Å²) in [5, 5.41) is 2.92. The molecule has 0 aromatic heterocycles. The number of piperazine rings is 1. The van der Waals surface area contributed by atoms with E-state index in [1.165, 1.54) is 0 Å². The van der Waals surface area contributed by atoms with Crippen molar-refractivity contribution in [2.75, 3.05) is 39.8 Å². The SMILES string of the molecule is COc1ccc(CNC(=O)CCN2CCN(C=O)CC2)cc1. The Labute approximate surface area is 131 Å². The van der Waals surface area contributed by atoms with Gasteiger partial charge in [-0.1, -0.05) is 12.1 Å². The summed E-state index contributed by atoms with van der Waals surface area (Å²) in [4.78, 5) is 26.5. The van der Waals surface area contributed by atoms with Crippen molar-refractivity contribution in [3.05, 3.63) is 29.8 Å². The van der Waals surface area contributed by atoms with E-state index >= 15 is 0 Å². The lowest BCUT2D eigenvalue weighted by atomic mass is 10.2. The third-order valence-corrected chi connectivity index (χ3v) is 3.86. The molecule has 0 atom stereocenters. The van der Waals surface area contributed by atoms with Crippen molar-refractivity contribution in [3.8, 4) is 5.75 Å². The first-order valence-electron chi connectivity index (χ1n) is 7.52. The Balaban J connectivity index is 1.64. The number of benzene rings is 1. The lowest BCUT2D eigenvalue weighted by Crippen LogP contribution is -2.46. The molecule has 1 aliphatic rings. The minimum Gasteiger partial charge on any atom is -0.497 e. The fraction of sp³-hybridized carbons (Fsp3) is 0.500. The lowest BCUT2D eigenvalue weighted by molar-refractivity contribution is -0.123. The molecule has 1 saturated heterocycles. The number of nitrogens with zero attached hydrogens (tertiary/aromatic N) is 2. The summed E-state index contributed by atoms with van der Waals surface area (Å²) >= 11 is 0. The molecule has 120 valence electrons. The average Bonchev–Trinajstić information content (AvgIpc) is 2.59. The van der Waals surface area contributed by atoms with Gasteiger partial charge in [0.15, 0.2) is 0 Å². The van der Waals surface area contributed by atoms with Crippen LogP contribution in [0.2, 0.25) is 0 Å². The Kier molecular flexibility index (Phi) is 6.21. The summed E-state index contributed by atoms with van der Waals surface area (Å²) in [5.74, 6) is 0.859. The zero-order valence-corrected chi connectivity index (χ0v) is 13.0. The van der Waals surface area contributed by atoms with Crippen molar-refractivity contribution in [1.29, 1.82) is 0 Å². The summed E-state index contributed by atoms with van der Waals surface area (Å²) in [6, 6.07) is 7.65. The number of hydrogen-bond donors (Lipinski definition) is 1. The van der Waals surface area contributed by atoms with Crippen LogP contribution in [-0.4, -0.2) is 62.0 Å². The summed E-state index contributed by atoms with van der Waals surface area (Å²) < 4.78 is 5.10. The first-order valence-corrected chi connectivity index (χ1v) is 7.52. The minimum atomic E-state index is 0.0497. The molecule has 0 bridgehead atoms. The van der Waals surface area contributed by atoms with Crippen LogP contribution in [0.25, 0.3) is 0 Å². The van der Waals surface area contributed by atoms with Crippen molar-refractivity contribution in [1.82, 2.24) is 15.1 Å². The van der Waals surface area contributed by atoms with Gasteiger partial charge in [-0.2, -0.15) is 0 Å². The maximum absolute atomic E-state index is 11.9. The molecule has 1 heterocycles. The second-order valence-electron chi connectivity index (χ2n) is 5.36. The molecule has 0 spiro atoms. The maximum Gasteiger partial charge on any atom is 0.221 e. The molecular formula is C16H23N3O3. The number of methoxy groups -OCH3 is 1. The van der Waals surface area contributed by atoms with Gasteiger partial charge in [0.25, 0.3) is 0 Å². The van der Waals surface area contributed by atoms with E-state index in [1.54, 1.807) is 12.0 Å². The normalized spacial score (nSPS) is 15.4. The van der Waals surface area contributed by atoms with E-state index in [1.807, 2.05) is 24.3 Å². The van der Waals surface area contributed by atoms with Gasteiger partial charge in [0, 0.05) is 45.7 Å². The molecule has 0 unspecified atom stereocenters. The monoisotopic (exact) mass is 305 g/mol. The maximum atomic E-state index is 11.9. The number of hydrogen-bond acceptors (Lipinski definition) is 4. The fourth-order valence-electron chi connectivity index (χ4n) is 2.38. The van der Waals surface area contributed by atoms with Crippen molar-refractivity contribution >= 4 is 12.3 Å². The highest BCUT2D eigenvalue weighted by molar-refractivity contribution is 5.76. The lowest BCUT2D eigenvalue weighted by Gasteiger charge is -2.32. The molecule has 0 saturated carbocycles. The zero-order chi connectivity index (χ0) is 15.8. The number of carbonyl (C=O) groups is 2. The van der Waals surface area contributed by atoms with E-state index in [0.29, 0.717) is 13.0 Å². The molecular weight excluding hydrogens is 282 g/mol. The van der Waals surface area contributed by atoms with Gasteiger partial charge in [-0.3, -0.25) is 14.5 Å². The third-order valence-electron chi connectivity index (χ3n) is 3.86. The molecule has 1 aromatic rings. The van der Waals surface area contributed by atoms with Crippen LogP contribution in [0.3, 0.4) is 0 Å². The quantitative estimate of drug-likeness (QED) is 0.744. The minimum absolute atomic E-state index is 0.0497. The first-order chi connectivity index (χ1) is 10.7. The third kappa shape index (κ3) is 5.04. The Morgan fingerprint density at radius 3 is 2.50 bits per heavy atom. The van der Waals surface area contributed by atoms with Crippen LogP contribution in [0.15, 0.2) is 24.3 Å². The Morgan fingerprint density at radius 2 is 1.91 bits per heavy atom. The van der Waals surface area contributed by atoms with Gasteiger partial charge in [-0.05, 0) is 17.7 Å². The summed E-state index contributed by atoms with van der Waals surface area (Å²) in [5.41, 5.74) is 1.05. The van der Waals surface area contributed by atoms with Gasteiger partial charge in [-0.25, -0.2) is 0 Å². The van der Waals surface area contributed by atoms with Crippen molar-refractivity contribution in [3.63, 3.8) is 0 Å². The standard InChI is InChI=1S/C16H23N3O3/c1-22-15-4-2-14(3-5-15)12-17-16(21)6-7-18-8-10-19(13-20)11-9-18/h2-5,13H,6-12H2,1H3,(H,17,21). The highest BCUT2D eigenvalue weighted by Gasteiger charge is 2.15. The van der Waals surface area contributed by atoms with Crippen molar-refractivity contribution in [2.45, 2.75) is 13.0 Å². The van der Waals surface area contributed by atoms with Crippen LogP contribution >= 0.6 is 0 Å². The van der Waals surface area contributed by atoms with Crippen molar-refractivity contribution < 1.29 is 14.3 Å². The van der Waals surface area contributed by atoms with E-state index in [-0.39, 0.29) is 5.91 Å². The number of rotatable bonds is 7. The zero-order valence-electron chi connectivity index (χ0n) is 13.0. The van der Waals surface area contributed by atoms with E-state index in [2.05, 4.69) is 10.2 Å². The summed E-state index contributed by atoms with van der Waals surface area (Å²) in [6.45, 7) is 4.44. The van der Waals surface area contributed by atoms with Crippen LogP contribution in [-0.2, 0) is 16.1 Å². The van der Waals surface area contributed by atoms with Crippen LogP contribution < -0.4 is 10.1 Å². The molecule has 6 nitrogen and oxygen atoms in total. The topological polar surface area (TPSA) is 61.9 Å². The summed E-state index contributed by atoms with van der Waals surface area (Å²) in [6.07, 6.45) is 1.37. The molecule has 22 heavy (non-hydrogen) atoms. The van der Waals surface area contributed by atoms with Gasteiger partial charge in [-0.15, -0.1) is 0 Å². The molecule has 0 radical (unpaired) electrons. The number of ether oxygens (including phenoxy) is 1. The Morgan fingerprint density at radius 1 is 1.23 bits per heavy atom. The van der Waals surface area contributed by atoms with Gasteiger partial charge < -0.3 is 15.0 Å². The van der Waals surface area contributed by atoms with Crippen LogP contribution in [0.1, 0.15) is 12.0 Å². The molecule has 2 rings (SSSR count). The smallest absolute Gasteiger partial charge is 0.221 e. The second kappa shape index (κ2) is 8.38. The fourth-order valence-corrected chi connectivity index (χ4v) is 2.38. The van der Waals surface area contributed by atoms with E-state index < -0.39 is 0 Å². The van der Waals surface area contributed by atoms with Crippen LogP contribution in [0.5, 0.6) is 5.75 Å². The molecule has 1 aromatic carbocycles. The van der Waals surface area contributed by atoms with E-state index in [4.69, 9.17) is 4.74 Å². The Bertz CT molecular complexity index is 482. The van der Waals surface area contributed by atoms with E-state index in [0.717, 1.165) is 50.4 Å². The van der Waals surface area contributed by atoms with Crippen LogP contribution in [0.4, 0.5) is 0 Å². The number of amides is 2. The average molecular weight is 305 g/mol. The van der Waals surface area contributed by atoms with Gasteiger partial charge in [0.2, 0.25) is 12.3 Å². The molecule has 0 aliphatic carbocycles. The number of carbonyl (C=O) groups excluding carboxylic acids is 2. The van der Waals surface area contributed by atoms with E-state index in [9.17, 15) is 9.59 Å². The molecule has 1 N–H and O–H groups in total. The highest BCUT2D eigenvalue weighted by atomic mass is 16.5.